The van der Waals surface area contributed by atoms with Crippen LogP contribution in [0.15, 0.2) is 75.9 Å². The maximum absolute atomic E-state index is 14.3. The highest BCUT2D eigenvalue weighted by atomic mass is 16.5. The normalized spacial score (nSPS) is 23.7. The number of benzene rings is 1. The third kappa shape index (κ3) is 23.8. The van der Waals surface area contributed by atoms with Gasteiger partial charge in [0.05, 0.1) is 18.4 Å². The molecule has 0 aliphatic carbocycles. The fraction of sp³-hybridized carbons (Fsp3) is 0.510. The molecule has 1 aliphatic rings. The lowest BCUT2D eigenvalue weighted by molar-refractivity contribution is -0.148. The molecule has 7 amide bonds. The number of allylic oxidation sites excluding steroid dienone is 3. The summed E-state index contributed by atoms with van der Waals surface area (Å²) in [6.07, 6.45) is 3.78. The molecule has 0 spiro atoms. The molecule has 0 bridgehead atoms. The number of guanidine groups is 2. The maximum Gasteiger partial charge on any atom is 0.326 e. The Kier molecular flexibility index (Phi) is 26.8. The van der Waals surface area contributed by atoms with Crippen LogP contribution in [-0.4, -0.2) is 137 Å². The number of nitrogens with one attached hydrogen (secondary N) is 7. The molecule has 2 rings (SSSR count). The molecule has 412 valence electrons. The predicted octanol–water partition coefficient (Wildman–Crippen LogP) is -1.66. The topological polar surface area (TPSA) is 433 Å². The molecular weight excluding hydrogens is 979 g/mol. The number of aliphatic imine (C=N–C) groups is 2. The van der Waals surface area contributed by atoms with E-state index in [9.17, 15) is 58.2 Å². The van der Waals surface area contributed by atoms with E-state index in [4.69, 9.17) is 27.7 Å². The van der Waals surface area contributed by atoms with Gasteiger partial charge in [-0.2, -0.15) is 0 Å². The van der Waals surface area contributed by atoms with Crippen LogP contribution in [0.25, 0.3) is 0 Å². The Morgan fingerprint density at radius 1 is 0.747 bits per heavy atom. The van der Waals surface area contributed by atoms with Gasteiger partial charge in [0.15, 0.2) is 11.9 Å². The minimum Gasteiger partial charge on any atom is -0.480 e. The summed E-state index contributed by atoms with van der Waals surface area (Å²) in [5.41, 5.74) is 23.0. The zero-order valence-electron chi connectivity index (χ0n) is 43.1. The summed E-state index contributed by atoms with van der Waals surface area (Å²) in [5.74, 6) is -12.4. The van der Waals surface area contributed by atoms with Gasteiger partial charge in [0.2, 0.25) is 35.4 Å². The van der Waals surface area contributed by atoms with Crippen molar-refractivity contribution in [1.82, 2.24) is 37.2 Å². The van der Waals surface area contributed by atoms with Crippen LogP contribution < -0.4 is 60.2 Å². The van der Waals surface area contributed by atoms with E-state index in [2.05, 4.69) is 47.2 Å². The van der Waals surface area contributed by atoms with Gasteiger partial charge in [-0.05, 0) is 58.4 Å². The van der Waals surface area contributed by atoms with E-state index in [-0.39, 0.29) is 62.3 Å². The molecule has 0 saturated carbocycles. The van der Waals surface area contributed by atoms with Crippen molar-refractivity contribution in [1.29, 1.82) is 0 Å². The molecule has 26 heteroatoms. The van der Waals surface area contributed by atoms with Crippen LogP contribution in [0.4, 0.5) is 0 Å². The van der Waals surface area contributed by atoms with Gasteiger partial charge in [0.25, 0.3) is 5.91 Å². The number of carbonyl (C=O) groups is 10. The van der Waals surface area contributed by atoms with Crippen molar-refractivity contribution in [2.75, 3.05) is 13.1 Å². The lowest BCUT2D eigenvalue weighted by Crippen LogP contribution is -2.56. The molecule has 1 saturated heterocycles. The lowest BCUT2D eigenvalue weighted by atomic mass is 9.94. The third-order valence-corrected chi connectivity index (χ3v) is 11.5. The SMILES string of the molecule is C/C=C1/NC(=O)CC[C@H](C(=O)O)NC(=O)[C@@H](C)[C@H](/C=C/C(C)=C/[C@H](C)[C@H](Cc2ccccc2)OC(C)=O)NC(=O)[C@H](CCCN=C(N)N)NC(=O)C[C@H](C(=O)O)NC(=O)[C@H](CCCN=C(N)N)NC(=O)[C@@H](C)NC1=O. The second kappa shape index (κ2) is 32.0. The van der Waals surface area contributed by atoms with Crippen LogP contribution in [0, 0.1) is 11.8 Å². The molecule has 1 aliphatic heterocycles. The quantitative estimate of drug-likeness (QED) is 0.0207. The van der Waals surface area contributed by atoms with Crippen LogP contribution in [0.5, 0.6) is 0 Å². The average Bonchev–Trinajstić information content (AvgIpc) is 3.33. The van der Waals surface area contributed by atoms with E-state index in [1.807, 2.05) is 43.3 Å². The molecule has 9 atom stereocenters. The number of hydrogen-bond donors (Lipinski definition) is 13. The van der Waals surface area contributed by atoms with Gasteiger partial charge in [0.1, 0.15) is 42.0 Å². The van der Waals surface area contributed by atoms with Crippen molar-refractivity contribution >= 4 is 71.2 Å². The highest BCUT2D eigenvalue weighted by Crippen LogP contribution is 2.19. The predicted molar refractivity (Wildman–Crippen MR) is 275 cm³/mol. The van der Waals surface area contributed by atoms with Gasteiger partial charge in [-0.25, -0.2) is 9.59 Å². The summed E-state index contributed by atoms with van der Waals surface area (Å²) in [5, 5.41) is 37.4. The van der Waals surface area contributed by atoms with Crippen molar-refractivity contribution in [2.24, 2.45) is 44.8 Å². The highest BCUT2D eigenvalue weighted by molar-refractivity contribution is 6.00. The Balaban J connectivity index is 2.72. The van der Waals surface area contributed by atoms with Crippen molar-refractivity contribution < 1.29 is 62.9 Å². The number of hydrogen-bond acceptors (Lipinski definition) is 13. The smallest absolute Gasteiger partial charge is 0.326 e. The number of nitrogens with two attached hydrogens (primary N) is 4. The third-order valence-electron chi connectivity index (χ3n) is 11.5. The average molecular weight is 1050 g/mol. The molecule has 0 radical (unpaired) electrons. The first-order valence-corrected chi connectivity index (χ1v) is 24.2. The van der Waals surface area contributed by atoms with Crippen molar-refractivity contribution in [3.63, 3.8) is 0 Å². The van der Waals surface area contributed by atoms with Gasteiger partial charge in [-0.15, -0.1) is 0 Å². The van der Waals surface area contributed by atoms with E-state index < -0.39 is 127 Å². The first-order valence-electron chi connectivity index (χ1n) is 24.2. The number of esters is 1. The zero-order valence-corrected chi connectivity index (χ0v) is 43.1. The molecule has 1 fully saturated rings. The van der Waals surface area contributed by atoms with Crippen molar-refractivity contribution in [3.05, 3.63) is 71.5 Å². The number of amides is 7. The summed E-state index contributed by atoms with van der Waals surface area (Å²) >= 11 is 0. The molecule has 1 heterocycles. The van der Waals surface area contributed by atoms with Gasteiger partial charge in [0, 0.05) is 38.8 Å². The Hall–Kier alpha value is -8.32. The number of nitrogens with zero attached hydrogens (tertiary/aromatic N) is 2. The van der Waals surface area contributed by atoms with Crippen LogP contribution in [-0.2, 0) is 59.1 Å². The van der Waals surface area contributed by atoms with Crippen LogP contribution in [0.3, 0.4) is 0 Å². The summed E-state index contributed by atoms with van der Waals surface area (Å²) in [6, 6.07) is 0.201. The molecule has 1 aromatic carbocycles. The molecular formula is C49H73N13O13. The Labute approximate surface area is 434 Å². The fourth-order valence-electron chi connectivity index (χ4n) is 7.40. The Morgan fingerprint density at radius 2 is 1.31 bits per heavy atom. The number of carboxylic acids is 2. The van der Waals surface area contributed by atoms with E-state index >= 15 is 0 Å². The van der Waals surface area contributed by atoms with Crippen LogP contribution in [0.1, 0.15) is 92.1 Å². The number of carbonyl (C=O) groups excluding carboxylic acids is 8. The Bertz CT molecular complexity index is 2350. The molecule has 0 unspecified atom stereocenters. The molecule has 26 nitrogen and oxygen atoms in total. The summed E-state index contributed by atoms with van der Waals surface area (Å²) in [7, 11) is 0. The minimum atomic E-state index is -1.93. The van der Waals surface area contributed by atoms with Gasteiger partial charge >= 0.3 is 17.9 Å². The largest absolute Gasteiger partial charge is 0.480 e. The summed E-state index contributed by atoms with van der Waals surface area (Å²) in [4.78, 5) is 140. The van der Waals surface area contributed by atoms with E-state index in [0.717, 1.165) is 5.56 Å². The van der Waals surface area contributed by atoms with Gasteiger partial charge in [-0.1, -0.05) is 74.1 Å². The van der Waals surface area contributed by atoms with Crippen molar-refractivity contribution in [2.45, 2.75) is 135 Å². The van der Waals surface area contributed by atoms with Crippen LogP contribution in [0.2, 0.25) is 0 Å². The standard InChI is InChI=1S/C49H73N13O13/c1-7-32-43(68)56-29(5)42(67)60-35(16-12-22-55-49(52)53)45(70)62-37(47(73)74)25-40(65)58-34(15-11-21-54-48(50)51)44(69)59-33(28(4)41(66)61-36(46(71)72)19-20-39(64)57-32)18-17-26(2)23-27(3)38(75-30(6)63)24-31-13-9-8-10-14-31/h7-10,13-14,17-18,23,27-29,33-38H,11-12,15-16,19-22,24-25H2,1-6H3,(H,56,68)(H,57,64)(H,58,65)(H,59,69)(H,60,67)(H,61,66)(H,62,70)(H,71,72)(H,73,74)(H4,50,51,54)(H4,52,53,55)/b18-17+,26-23+,32-7+/t27-,28-,29+,33-,34-,35-,36+,37+,38-/m0/s1. The number of aliphatic carboxylic acids is 2. The number of carboxylic acid groups (broad SMARTS) is 2. The van der Waals surface area contributed by atoms with E-state index in [1.165, 1.54) is 39.8 Å². The lowest BCUT2D eigenvalue weighted by Gasteiger charge is -2.27. The molecule has 75 heavy (non-hydrogen) atoms. The number of ether oxygens (including phenoxy) is 1. The van der Waals surface area contributed by atoms with Crippen LogP contribution >= 0.6 is 0 Å². The minimum absolute atomic E-state index is 0.00827. The molecule has 1 aromatic rings. The Morgan fingerprint density at radius 3 is 1.85 bits per heavy atom. The molecule has 0 aromatic heterocycles. The van der Waals surface area contributed by atoms with Gasteiger partial charge in [-0.3, -0.25) is 48.3 Å². The second-order valence-corrected chi connectivity index (χ2v) is 17.9. The summed E-state index contributed by atoms with van der Waals surface area (Å²) < 4.78 is 5.67. The first-order chi connectivity index (χ1) is 35.3. The maximum atomic E-state index is 14.3. The van der Waals surface area contributed by atoms with E-state index in [1.54, 1.807) is 13.0 Å². The first kappa shape index (κ1) is 62.8. The highest BCUT2D eigenvalue weighted by Gasteiger charge is 2.34. The van der Waals surface area contributed by atoms with Gasteiger partial charge < -0.3 is 75.1 Å². The van der Waals surface area contributed by atoms with E-state index in [0.29, 0.717) is 12.0 Å². The summed E-state index contributed by atoms with van der Waals surface area (Å²) in [6.45, 7) is 8.88. The zero-order chi connectivity index (χ0) is 56.4. The fourth-order valence-corrected chi connectivity index (χ4v) is 7.40. The monoisotopic (exact) mass is 1050 g/mol. The second-order valence-electron chi connectivity index (χ2n) is 17.9. The molecule has 17 N–H and O–H groups in total. The number of rotatable bonds is 17. The van der Waals surface area contributed by atoms with Crippen molar-refractivity contribution in [3.8, 4) is 0 Å².